The highest BCUT2D eigenvalue weighted by Gasteiger charge is 2.32. The Morgan fingerprint density at radius 1 is 1.14 bits per heavy atom. The molecule has 1 N–H and O–H groups in total. The number of nitrogens with zero attached hydrogens (tertiary/aromatic N) is 2. The van der Waals surface area contributed by atoms with Gasteiger partial charge in [0.1, 0.15) is 5.82 Å². The monoisotopic (exact) mass is 207 g/mol. The summed E-state index contributed by atoms with van der Waals surface area (Å²) in [4.78, 5) is 0. The smallest absolute Gasteiger partial charge is 0.372 e. The molecule has 0 aromatic carbocycles. The van der Waals surface area contributed by atoms with Gasteiger partial charge < -0.3 is 5.32 Å². The van der Waals surface area contributed by atoms with Gasteiger partial charge in [-0.05, 0) is 12.1 Å². The first-order chi connectivity index (χ1) is 6.54. The lowest BCUT2D eigenvalue weighted by molar-refractivity contribution is -0.141. The second kappa shape index (κ2) is 5.41. The first-order valence-electron chi connectivity index (χ1n) is 4.12. The summed E-state index contributed by atoms with van der Waals surface area (Å²) in [6.45, 7) is 4.00. The van der Waals surface area contributed by atoms with E-state index in [0.29, 0.717) is 5.82 Å². The molecule has 0 aliphatic rings. The van der Waals surface area contributed by atoms with Crippen LogP contribution in [-0.2, 0) is 6.18 Å². The third-order valence-corrected chi connectivity index (χ3v) is 1.21. The Morgan fingerprint density at radius 3 is 2.00 bits per heavy atom. The molecule has 0 amide bonds. The Kier molecular flexibility index (Phi) is 4.90. The Hall–Kier alpha value is -1.33. The van der Waals surface area contributed by atoms with Gasteiger partial charge in [0.15, 0.2) is 5.69 Å². The second-order valence-corrected chi connectivity index (χ2v) is 2.05. The van der Waals surface area contributed by atoms with Crippen LogP contribution in [0.15, 0.2) is 12.1 Å². The van der Waals surface area contributed by atoms with E-state index < -0.39 is 11.9 Å². The zero-order valence-corrected chi connectivity index (χ0v) is 8.18. The van der Waals surface area contributed by atoms with Gasteiger partial charge in [-0.15, -0.1) is 10.2 Å². The molecule has 0 aliphatic heterocycles. The van der Waals surface area contributed by atoms with Crippen molar-refractivity contribution in [3.8, 4) is 0 Å². The quantitative estimate of drug-likeness (QED) is 0.769. The number of nitrogens with one attached hydrogen (secondary N) is 1. The van der Waals surface area contributed by atoms with Gasteiger partial charge in [-0.2, -0.15) is 13.2 Å². The van der Waals surface area contributed by atoms with Crippen molar-refractivity contribution in [3.63, 3.8) is 0 Å². The van der Waals surface area contributed by atoms with Crippen molar-refractivity contribution in [1.82, 2.24) is 10.2 Å². The highest BCUT2D eigenvalue weighted by atomic mass is 19.4. The van der Waals surface area contributed by atoms with Crippen LogP contribution in [0.25, 0.3) is 0 Å². The van der Waals surface area contributed by atoms with Crippen LogP contribution in [0, 0.1) is 0 Å². The molecule has 6 heteroatoms. The van der Waals surface area contributed by atoms with E-state index >= 15 is 0 Å². The summed E-state index contributed by atoms with van der Waals surface area (Å²) in [6.07, 6.45) is -4.42. The minimum absolute atomic E-state index is 0.308. The molecule has 0 fully saturated rings. The Morgan fingerprint density at radius 2 is 1.71 bits per heavy atom. The molecule has 0 radical (unpaired) electrons. The van der Waals surface area contributed by atoms with Gasteiger partial charge in [0.2, 0.25) is 0 Å². The summed E-state index contributed by atoms with van der Waals surface area (Å²) in [5.41, 5.74) is -0.985. The zero-order valence-electron chi connectivity index (χ0n) is 8.18. The molecule has 0 aliphatic carbocycles. The Labute approximate surface area is 80.4 Å². The summed E-state index contributed by atoms with van der Waals surface area (Å²) >= 11 is 0. The zero-order chi connectivity index (χ0) is 11.2. The van der Waals surface area contributed by atoms with Crippen LogP contribution < -0.4 is 5.32 Å². The summed E-state index contributed by atoms with van der Waals surface area (Å²) in [5.74, 6) is 0.308. The number of alkyl halides is 3. The first-order valence-corrected chi connectivity index (χ1v) is 4.12. The topological polar surface area (TPSA) is 37.8 Å². The molecule has 1 rings (SSSR count). The standard InChI is InChI=1S/C6H6F3N3.C2H6/c1-10-5-3-2-4(11-12-5)6(7,8)9;1-2/h2-3H,1H3,(H,10,12);1-2H3. The van der Waals surface area contributed by atoms with Crippen molar-refractivity contribution in [2.75, 3.05) is 12.4 Å². The van der Waals surface area contributed by atoms with Crippen molar-refractivity contribution in [2.24, 2.45) is 0 Å². The number of halogens is 3. The first kappa shape index (κ1) is 12.7. The Balaban J connectivity index is 0.000000791. The van der Waals surface area contributed by atoms with Gasteiger partial charge in [-0.1, -0.05) is 13.8 Å². The molecule has 1 aromatic rings. The number of hydrogen-bond donors (Lipinski definition) is 1. The van der Waals surface area contributed by atoms with Gasteiger partial charge in [0, 0.05) is 7.05 Å². The van der Waals surface area contributed by atoms with Crippen molar-refractivity contribution in [2.45, 2.75) is 20.0 Å². The lowest BCUT2D eigenvalue weighted by Crippen LogP contribution is -2.09. The maximum Gasteiger partial charge on any atom is 0.435 e. The third kappa shape index (κ3) is 3.59. The fraction of sp³-hybridized carbons (Fsp3) is 0.500. The van der Waals surface area contributed by atoms with Crippen molar-refractivity contribution < 1.29 is 13.2 Å². The fourth-order valence-corrected chi connectivity index (χ4v) is 0.617. The van der Waals surface area contributed by atoms with Crippen LogP contribution in [0.2, 0.25) is 0 Å². The maximum absolute atomic E-state index is 11.9. The van der Waals surface area contributed by atoms with E-state index in [9.17, 15) is 13.2 Å². The maximum atomic E-state index is 11.9. The molecule has 0 saturated heterocycles. The molecule has 0 unspecified atom stereocenters. The summed E-state index contributed by atoms with van der Waals surface area (Å²) in [6, 6.07) is 2.09. The number of hydrogen-bond acceptors (Lipinski definition) is 3. The van der Waals surface area contributed by atoms with Gasteiger partial charge in [0.05, 0.1) is 0 Å². The van der Waals surface area contributed by atoms with Gasteiger partial charge in [-0.25, -0.2) is 0 Å². The van der Waals surface area contributed by atoms with Crippen LogP contribution in [-0.4, -0.2) is 17.2 Å². The fourth-order valence-electron chi connectivity index (χ4n) is 0.617. The number of anilines is 1. The summed E-state index contributed by atoms with van der Waals surface area (Å²) in [5, 5.41) is 8.83. The molecule has 0 spiro atoms. The average molecular weight is 207 g/mol. The molecular formula is C8H12F3N3. The molecule has 0 atom stereocenters. The van der Waals surface area contributed by atoms with E-state index in [1.54, 1.807) is 7.05 Å². The predicted octanol–water partition coefficient (Wildman–Crippen LogP) is 2.56. The molecule has 14 heavy (non-hydrogen) atoms. The molecule has 0 saturated carbocycles. The largest absolute Gasteiger partial charge is 0.435 e. The molecule has 3 nitrogen and oxygen atoms in total. The van der Waals surface area contributed by atoms with E-state index in [2.05, 4.69) is 15.5 Å². The van der Waals surface area contributed by atoms with Crippen LogP contribution in [0.1, 0.15) is 19.5 Å². The van der Waals surface area contributed by atoms with Crippen molar-refractivity contribution in [3.05, 3.63) is 17.8 Å². The van der Waals surface area contributed by atoms with E-state index in [1.165, 1.54) is 6.07 Å². The van der Waals surface area contributed by atoms with Crippen LogP contribution >= 0.6 is 0 Å². The van der Waals surface area contributed by atoms with Gasteiger partial charge in [0.25, 0.3) is 0 Å². The molecule has 1 heterocycles. The Bertz CT molecular complexity index is 256. The molecule has 1 aromatic heterocycles. The third-order valence-electron chi connectivity index (χ3n) is 1.21. The molecule has 80 valence electrons. The van der Waals surface area contributed by atoms with Crippen LogP contribution in [0.5, 0.6) is 0 Å². The van der Waals surface area contributed by atoms with E-state index in [4.69, 9.17) is 0 Å². The van der Waals surface area contributed by atoms with E-state index in [-0.39, 0.29) is 0 Å². The predicted molar refractivity (Wildman–Crippen MR) is 47.9 cm³/mol. The number of rotatable bonds is 1. The lowest BCUT2D eigenvalue weighted by Gasteiger charge is -2.04. The van der Waals surface area contributed by atoms with Crippen molar-refractivity contribution in [1.29, 1.82) is 0 Å². The highest BCUT2D eigenvalue weighted by Crippen LogP contribution is 2.26. The minimum Gasteiger partial charge on any atom is -0.372 e. The van der Waals surface area contributed by atoms with Gasteiger partial charge >= 0.3 is 6.18 Å². The number of aromatic nitrogens is 2. The van der Waals surface area contributed by atoms with Gasteiger partial charge in [-0.3, -0.25) is 0 Å². The van der Waals surface area contributed by atoms with Crippen LogP contribution in [0.3, 0.4) is 0 Å². The summed E-state index contributed by atoms with van der Waals surface area (Å²) in [7, 11) is 1.55. The normalized spacial score (nSPS) is 10.1. The molecule has 0 bridgehead atoms. The van der Waals surface area contributed by atoms with E-state index in [0.717, 1.165) is 6.07 Å². The van der Waals surface area contributed by atoms with E-state index in [1.807, 2.05) is 13.8 Å². The SMILES string of the molecule is CC.CNc1ccc(C(F)(F)F)nn1. The lowest BCUT2D eigenvalue weighted by atomic mass is 10.4. The summed E-state index contributed by atoms with van der Waals surface area (Å²) < 4.78 is 35.7. The molecular weight excluding hydrogens is 195 g/mol. The minimum atomic E-state index is -4.42. The average Bonchev–Trinajstić information content (AvgIpc) is 2.20. The van der Waals surface area contributed by atoms with Crippen molar-refractivity contribution >= 4 is 5.82 Å². The second-order valence-electron chi connectivity index (χ2n) is 2.05. The van der Waals surface area contributed by atoms with Crippen LogP contribution in [0.4, 0.5) is 19.0 Å². The highest BCUT2D eigenvalue weighted by molar-refractivity contribution is 5.31.